The number of ketones is 2. The zero-order chi connectivity index (χ0) is 8.72. The highest BCUT2D eigenvalue weighted by Gasteiger charge is 2.41. The smallest absolute Gasteiger partial charge is 0.146 e. The van der Waals surface area contributed by atoms with Gasteiger partial charge in [-0.3, -0.25) is 9.59 Å². The highest BCUT2D eigenvalue weighted by atomic mass is 16.2. The van der Waals surface area contributed by atoms with Gasteiger partial charge in [0.25, 0.3) is 0 Å². The summed E-state index contributed by atoms with van der Waals surface area (Å²) < 4.78 is 0. The van der Waals surface area contributed by atoms with Crippen LogP contribution in [0, 0.1) is 17.8 Å². The Balaban J connectivity index is 2.22. The van der Waals surface area contributed by atoms with Gasteiger partial charge in [-0.25, -0.2) is 0 Å². The number of hydrogen-bond acceptors (Lipinski definition) is 2. The van der Waals surface area contributed by atoms with Crippen molar-refractivity contribution in [2.75, 3.05) is 0 Å². The van der Waals surface area contributed by atoms with E-state index in [2.05, 4.69) is 6.92 Å². The lowest BCUT2D eigenvalue weighted by molar-refractivity contribution is -0.142. The number of Topliss-reactive ketones (excluding diaryl/α,β-unsaturated/α-hetero) is 2. The van der Waals surface area contributed by atoms with Gasteiger partial charge in [0, 0.05) is 12.3 Å². The molecule has 2 aliphatic carbocycles. The first-order valence-corrected chi connectivity index (χ1v) is 4.75. The zero-order valence-electron chi connectivity index (χ0n) is 7.38. The summed E-state index contributed by atoms with van der Waals surface area (Å²) in [5.74, 6) is 1.01. The third kappa shape index (κ3) is 1.10. The van der Waals surface area contributed by atoms with E-state index in [0.29, 0.717) is 12.3 Å². The minimum Gasteiger partial charge on any atom is -0.299 e. The van der Waals surface area contributed by atoms with Crippen LogP contribution in [0.4, 0.5) is 0 Å². The lowest BCUT2D eigenvalue weighted by atomic mass is 9.67. The molecule has 2 saturated carbocycles. The summed E-state index contributed by atoms with van der Waals surface area (Å²) in [6.45, 7) is 2.14. The lowest BCUT2D eigenvalue weighted by Gasteiger charge is -2.35. The van der Waals surface area contributed by atoms with Gasteiger partial charge < -0.3 is 0 Å². The minimum absolute atomic E-state index is 0.197. The zero-order valence-corrected chi connectivity index (χ0v) is 7.38. The largest absolute Gasteiger partial charge is 0.299 e. The maximum Gasteiger partial charge on any atom is 0.146 e. The van der Waals surface area contributed by atoms with Gasteiger partial charge in [0.15, 0.2) is 0 Å². The second kappa shape index (κ2) is 2.68. The van der Waals surface area contributed by atoms with Crippen molar-refractivity contribution in [3.63, 3.8) is 0 Å². The standard InChI is InChI=1S/C10H14O2/c1-6-4-7-2-3-9(11)8(5-6)10(7)12/h6-8H,2-5H2,1H3/t6-,7+,8+/m1/s1. The van der Waals surface area contributed by atoms with Crippen molar-refractivity contribution in [3.8, 4) is 0 Å². The van der Waals surface area contributed by atoms with Crippen LogP contribution in [0.25, 0.3) is 0 Å². The van der Waals surface area contributed by atoms with Gasteiger partial charge >= 0.3 is 0 Å². The summed E-state index contributed by atoms with van der Waals surface area (Å²) in [6, 6.07) is 0. The van der Waals surface area contributed by atoms with E-state index in [1.165, 1.54) is 0 Å². The van der Waals surface area contributed by atoms with Crippen molar-refractivity contribution < 1.29 is 9.59 Å². The molecule has 2 bridgehead atoms. The molecule has 0 radical (unpaired) electrons. The molecule has 0 saturated heterocycles. The Labute approximate surface area is 72.3 Å². The van der Waals surface area contributed by atoms with Crippen molar-refractivity contribution >= 4 is 11.6 Å². The van der Waals surface area contributed by atoms with E-state index in [9.17, 15) is 9.59 Å². The summed E-state index contributed by atoms with van der Waals surface area (Å²) in [7, 11) is 0. The van der Waals surface area contributed by atoms with Crippen LogP contribution < -0.4 is 0 Å². The quantitative estimate of drug-likeness (QED) is 0.512. The highest BCUT2D eigenvalue weighted by molar-refractivity contribution is 6.05. The van der Waals surface area contributed by atoms with Crippen molar-refractivity contribution in [1.29, 1.82) is 0 Å². The number of hydrogen-bond donors (Lipinski definition) is 0. The van der Waals surface area contributed by atoms with Gasteiger partial charge in [-0.15, -0.1) is 0 Å². The van der Waals surface area contributed by atoms with Crippen LogP contribution in [0.1, 0.15) is 32.6 Å². The molecule has 0 unspecified atom stereocenters. The van der Waals surface area contributed by atoms with E-state index < -0.39 is 0 Å². The van der Waals surface area contributed by atoms with Crippen LogP contribution in [0.15, 0.2) is 0 Å². The second-order valence-electron chi connectivity index (χ2n) is 4.23. The van der Waals surface area contributed by atoms with Crippen LogP contribution >= 0.6 is 0 Å². The minimum atomic E-state index is -0.215. The first kappa shape index (κ1) is 7.96. The van der Waals surface area contributed by atoms with Gasteiger partial charge in [-0.1, -0.05) is 6.92 Å². The normalized spacial score (nSPS) is 41.6. The van der Waals surface area contributed by atoms with Gasteiger partial charge in [0.05, 0.1) is 5.92 Å². The number of fused-ring (bicyclic) bond motifs is 2. The van der Waals surface area contributed by atoms with Gasteiger partial charge in [-0.2, -0.15) is 0 Å². The molecule has 2 nitrogen and oxygen atoms in total. The molecule has 0 heterocycles. The van der Waals surface area contributed by atoms with Gasteiger partial charge in [0.2, 0.25) is 0 Å². The number of carbonyl (C=O) groups excluding carboxylic acids is 2. The molecular formula is C10H14O2. The fraction of sp³-hybridized carbons (Fsp3) is 0.800. The summed E-state index contributed by atoms with van der Waals surface area (Å²) in [5, 5.41) is 0. The molecule has 2 heteroatoms. The monoisotopic (exact) mass is 166 g/mol. The van der Waals surface area contributed by atoms with Crippen LogP contribution in [0.2, 0.25) is 0 Å². The Morgan fingerprint density at radius 1 is 1.25 bits per heavy atom. The summed E-state index contributed by atoms with van der Waals surface area (Å²) >= 11 is 0. The number of rotatable bonds is 0. The van der Waals surface area contributed by atoms with E-state index >= 15 is 0 Å². The van der Waals surface area contributed by atoms with Crippen LogP contribution in [-0.4, -0.2) is 11.6 Å². The van der Waals surface area contributed by atoms with E-state index in [4.69, 9.17) is 0 Å². The molecule has 0 aromatic heterocycles. The molecule has 0 amide bonds. The topological polar surface area (TPSA) is 34.1 Å². The van der Waals surface area contributed by atoms with E-state index in [0.717, 1.165) is 19.3 Å². The van der Waals surface area contributed by atoms with E-state index in [-0.39, 0.29) is 23.4 Å². The molecule has 0 aromatic rings. The summed E-state index contributed by atoms with van der Waals surface area (Å²) in [6.07, 6.45) is 3.29. The van der Waals surface area contributed by atoms with Crippen LogP contribution in [-0.2, 0) is 9.59 Å². The van der Waals surface area contributed by atoms with E-state index in [1.54, 1.807) is 0 Å². The lowest BCUT2D eigenvalue weighted by Crippen LogP contribution is -2.41. The first-order valence-electron chi connectivity index (χ1n) is 4.75. The summed E-state index contributed by atoms with van der Waals surface area (Å²) in [5.41, 5.74) is 0. The molecule has 66 valence electrons. The summed E-state index contributed by atoms with van der Waals surface area (Å²) in [4.78, 5) is 22.9. The Kier molecular flexibility index (Phi) is 1.78. The van der Waals surface area contributed by atoms with Gasteiger partial charge in [-0.05, 0) is 25.2 Å². The van der Waals surface area contributed by atoms with Gasteiger partial charge in [0.1, 0.15) is 11.6 Å². The predicted molar refractivity (Wildman–Crippen MR) is 44.6 cm³/mol. The molecule has 2 aliphatic rings. The Bertz CT molecular complexity index is 232. The molecule has 0 spiro atoms. The molecule has 0 aliphatic heterocycles. The third-order valence-electron chi connectivity index (χ3n) is 3.20. The van der Waals surface area contributed by atoms with E-state index in [1.807, 2.05) is 0 Å². The maximum absolute atomic E-state index is 11.5. The Morgan fingerprint density at radius 3 is 2.75 bits per heavy atom. The average molecular weight is 166 g/mol. The predicted octanol–water partition coefficient (Wildman–Crippen LogP) is 1.58. The molecule has 3 atom stereocenters. The van der Waals surface area contributed by atoms with Crippen molar-refractivity contribution in [2.24, 2.45) is 17.8 Å². The van der Waals surface area contributed by atoms with Crippen LogP contribution in [0.3, 0.4) is 0 Å². The molecule has 12 heavy (non-hydrogen) atoms. The molecule has 0 aromatic carbocycles. The molecule has 2 rings (SSSR count). The molecule has 0 N–H and O–H groups in total. The Hall–Kier alpha value is -0.660. The first-order chi connectivity index (χ1) is 5.68. The fourth-order valence-corrected chi connectivity index (χ4v) is 2.54. The third-order valence-corrected chi connectivity index (χ3v) is 3.20. The maximum atomic E-state index is 11.5. The number of carbonyl (C=O) groups is 2. The van der Waals surface area contributed by atoms with Crippen molar-refractivity contribution in [3.05, 3.63) is 0 Å². The molecular weight excluding hydrogens is 152 g/mol. The SMILES string of the molecule is C[C@@H]1C[C@@H]2CCC(=O)[C@H](C1)C2=O. The van der Waals surface area contributed by atoms with Crippen molar-refractivity contribution in [1.82, 2.24) is 0 Å². The molecule has 2 fully saturated rings. The second-order valence-corrected chi connectivity index (χ2v) is 4.23. The van der Waals surface area contributed by atoms with Crippen molar-refractivity contribution in [2.45, 2.75) is 32.6 Å². The average Bonchev–Trinajstić information content (AvgIpc) is 2.01. The Morgan fingerprint density at radius 2 is 2.00 bits per heavy atom. The fourth-order valence-electron chi connectivity index (χ4n) is 2.54. The van der Waals surface area contributed by atoms with Crippen LogP contribution in [0.5, 0.6) is 0 Å². The highest BCUT2D eigenvalue weighted by Crippen LogP contribution is 2.37.